The molecule has 0 bridgehead atoms. The summed E-state index contributed by atoms with van der Waals surface area (Å²) in [7, 11) is 0. The van der Waals surface area contributed by atoms with Crippen LogP contribution in [0.5, 0.6) is 0 Å². The average molecular weight is 628 g/mol. The van der Waals surface area contributed by atoms with E-state index in [9.17, 15) is 9.90 Å². The number of aliphatic carboxylic acids is 1. The third-order valence-corrected chi connectivity index (χ3v) is 11.0. The normalized spacial score (nSPS) is 24.9. The summed E-state index contributed by atoms with van der Waals surface area (Å²) in [5.41, 5.74) is 4.96. The summed E-state index contributed by atoms with van der Waals surface area (Å²) < 4.78 is 2.02. The minimum atomic E-state index is -0.653. The number of likely N-dealkylation sites (tertiary alicyclic amines) is 1. The number of nitrogens with zero attached hydrogens (tertiary/aromatic N) is 5. The topological polar surface area (TPSA) is 108 Å². The maximum Gasteiger partial charge on any atom is 0.306 e. The van der Waals surface area contributed by atoms with Crippen molar-refractivity contribution in [2.24, 2.45) is 11.8 Å². The van der Waals surface area contributed by atoms with Crippen LogP contribution < -0.4 is 10.6 Å². The van der Waals surface area contributed by atoms with Crippen molar-refractivity contribution in [1.82, 2.24) is 24.6 Å². The molecule has 3 N–H and O–H groups in total. The number of carbonyl (C=O) groups is 1. The van der Waals surface area contributed by atoms with E-state index in [1.807, 2.05) is 10.9 Å². The highest BCUT2D eigenvalue weighted by molar-refractivity contribution is 5.70. The minimum Gasteiger partial charge on any atom is -0.481 e. The van der Waals surface area contributed by atoms with E-state index in [0.717, 1.165) is 82.5 Å². The quantitative estimate of drug-likeness (QED) is 0.196. The summed E-state index contributed by atoms with van der Waals surface area (Å²) >= 11 is 0. The number of hydrogen-bond donors (Lipinski definition) is 3. The number of anilines is 2. The van der Waals surface area contributed by atoms with Crippen LogP contribution >= 0.6 is 0 Å². The van der Waals surface area contributed by atoms with Gasteiger partial charge in [0.25, 0.3) is 0 Å². The number of nitrogens with one attached hydrogen (secondary N) is 2. The molecule has 2 fully saturated rings. The van der Waals surface area contributed by atoms with E-state index in [1.54, 1.807) is 0 Å². The molecular weight excluding hydrogens is 574 g/mol. The molecule has 1 aliphatic heterocycles. The van der Waals surface area contributed by atoms with Gasteiger partial charge in [-0.05, 0) is 102 Å². The number of rotatable bonds is 12. The number of piperidine rings is 1. The van der Waals surface area contributed by atoms with Crippen LogP contribution in [0.4, 0.5) is 11.8 Å². The summed E-state index contributed by atoms with van der Waals surface area (Å²) in [6.45, 7) is 9.57. The third kappa shape index (κ3) is 7.56. The second kappa shape index (κ2) is 15.0. The standard InChI is InChI=1S/C37H53N7O2/c1-4-32(27-14-16-28(17-15-27)36(45)46)40-37-41-33-19-18-29(26-12-7-6-8-13-26)21-31(33)35(42-37)39-34(30-22-38-44(5-2)23-30)24-43-20-10-9-11-25(43)3/h6-8,12-13,22-23,25,27-29,32,34H,4-5,9-11,14-21,24H2,1-3H3,(H,45,46)(H2,39,40,41,42)/t25-,27?,28?,29-,32-,34+/m1/s1. The largest absolute Gasteiger partial charge is 0.481 e. The highest BCUT2D eigenvalue weighted by Gasteiger charge is 2.32. The molecule has 9 heteroatoms. The van der Waals surface area contributed by atoms with Crippen molar-refractivity contribution in [2.45, 2.75) is 122 Å². The molecule has 0 radical (unpaired) electrons. The van der Waals surface area contributed by atoms with Gasteiger partial charge in [-0.2, -0.15) is 10.1 Å². The Bertz CT molecular complexity index is 1430. The van der Waals surface area contributed by atoms with Gasteiger partial charge in [0.1, 0.15) is 5.82 Å². The Kier molecular flexibility index (Phi) is 10.6. The average Bonchev–Trinajstić information content (AvgIpc) is 3.58. The summed E-state index contributed by atoms with van der Waals surface area (Å²) in [4.78, 5) is 24.7. The van der Waals surface area contributed by atoms with Gasteiger partial charge in [-0.1, -0.05) is 43.7 Å². The van der Waals surface area contributed by atoms with Crippen molar-refractivity contribution >= 4 is 17.7 Å². The lowest BCUT2D eigenvalue weighted by Gasteiger charge is -2.36. The van der Waals surface area contributed by atoms with E-state index in [1.165, 1.54) is 36.0 Å². The molecular formula is C37H53N7O2. The maximum absolute atomic E-state index is 11.6. The molecule has 0 amide bonds. The molecule has 0 unspecified atom stereocenters. The lowest BCUT2D eigenvalue weighted by atomic mass is 9.78. The number of carboxylic acids is 1. The highest BCUT2D eigenvalue weighted by atomic mass is 16.4. The van der Waals surface area contributed by atoms with Gasteiger partial charge >= 0.3 is 5.97 Å². The lowest BCUT2D eigenvalue weighted by molar-refractivity contribution is -0.143. The molecule has 1 saturated heterocycles. The number of benzene rings is 1. The molecule has 1 aromatic carbocycles. The zero-order valence-electron chi connectivity index (χ0n) is 28.0. The first-order valence-corrected chi connectivity index (χ1v) is 17.9. The highest BCUT2D eigenvalue weighted by Crippen LogP contribution is 2.38. The number of hydrogen-bond acceptors (Lipinski definition) is 7. The first-order chi connectivity index (χ1) is 22.4. The van der Waals surface area contributed by atoms with Crippen LogP contribution in [-0.2, 0) is 24.2 Å². The van der Waals surface area contributed by atoms with Crippen molar-refractivity contribution in [3.05, 3.63) is 65.1 Å². The fourth-order valence-corrected chi connectivity index (χ4v) is 8.09. The van der Waals surface area contributed by atoms with Crippen LogP contribution in [0.1, 0.15) is 113 Å². The first-order valence-electron chi connectivity index (χ1n) is 17.9. The van der Waals surface area contributed by atoms with E-state index in [-0.39, 0.29) is 18.0 Å². The van der Waals surface area contributed by atoms with E-state index in [4.69, 9.17) is 9.97 Å². The second-order valence-corrected chi connectivity index (χ2v) is 13.9. The van der Waals surface area contributed by atoms with Crippen LogP contribution in [0.15, 0.2) is 42.7 Å². The molecule has 2 aromatic heterocycles. The fraction of sp³-hybridized carbons (Fsp3) is 0.622. The molecule has 9 nitrogen and oxygen atoms in total. The van der Waals surface area contributed by atoms with Crippen molar-refractivity contribution in [1.29, 1.82) is 0 Å². The van der Waals surface area contributed by atoms with Crippen LogP contribution in [0, 0.1) is 11.8 Å². The van der Waals surface area contributed by atoms with Gasteiger partial charge in [0.2, 0.25) is 5.95 Å². The van der Waals surface area contributed by atoms with Gasteiger partial charge in [0.15, 0.2) is 0 Å². The third-order valence-electron chi connectivity index (χ3n) is 11.0. The number of aryl methyl sites for hydroxylation is 2. The molecule has 1 saturated carbocycles. The van der Waals surface area contributed by atoms with Crippen molar-refractivity contribution < 1.29 is 9.90 Å². The lowest BCUT2D eigenvalue weighted by Crippen LogP contribution is -2.41. The first kappa shape index (κ1) is 32.5. The number of carboxylic acid groups (broad SMARTS) is 1. The number of fused-ring (bicyclic) bond motifs is 1. The summed E-state index contributed by atoms with van der Waals surface area (Å²) in [5.74, 6) is 1.64. The Balaban J connectivity index is 1.31. The Morgan fingerprint density at radius 2 is 1.83 bits per heavy atom. The van der Waals surface area contributed by atoms with Gasteiger partial charge in [-0.15, -0.1) is 0 Å². The van der Waals surface area contributed by atoms with E-state index >= 15 is 0 Å². The Morgan fingerprint density at radius 1 is 1.02 bits per heavy atom. The summed E-state index contributed by atoms with van der Waals surface area (Å²) in [5, 5.41) is 21.9. The smallest absolute Gasteiger partial charge is 0.306 e. The van der Waals surface area contributed by atoms with Crippen LogP contribution in [-0.4, -0.2) is 60.9 Å². The molecule has 248 valence electrons. The monoisotopic (exact) mass is 627 g/mol. The zero-order valence-corrected chi connectivity index (χ0v) is 28.0. The van der Waals surface area contributed by atoms with Gasteiger partial charge in [-0.3, -0.25) is 14.4 Å². The number of aromatic nitrogens is 4. The molecule has 2 aliphatic carbocycles. The molecule has 3 heterocycles. The predicted molar refractivity (Wildman–Crippen MR) is 183 cm³/mol. The summed E-state index contributed by atoms with van der Waals surface area (Å²) in [6.07, 6.45) is 15.2. The molecule has 3 aliphatic rings. The maximum atomic E-state index is 11.6. The van der Waals surface area contributed by atoms with Gasteiger partial charge in [-0.25, -0.2) is 4.98 Å². The van der Waals surface area contributed by atoms with E-state index in [0.29, 0.717) is 23.8 Å². The Labute approximate surface area is 274 Å². The Morgan fingerprint density at radius 3 is 2.52 bits per heavy atom. The van der Waals surface area contributed by atoms with Gasteiger partial charge in [0.05, 0.1) is 23.9 Å². The predicted octanol–water partition coefficient (Wildman–Crippen LogP) is 7.07. The Hall–Kier alpha value is -3.46. The van der Waals surface area contributed by atoms with Gasteiger partial charge in [0, 0.05) is 42.5 Å². The molecule has 0 spiro atoms. The van der Waals surface area contributed by atoms with Crippen molar-refractivity contribution in [3.8, 4) is 0 Å². The van der Waals surface area contributed by atoms with Crippen molar-refractivity contribution in [2.75, 3.05) is 23.7 Å². The summed E-state index contributed by atoms with van der Waals surface area (Å²) in [6, 6.07) is 11.7. The molecule has 4 atom stereocenters. The van der Waals surface area contributed by atoms with Crippen LogP contribution in [0.25, 0.3) is 0 Å². The van der Waals surface area contributed by atoms with Crippen LogP contribution in [0.2, 0.25) is 0 Å². The zero-order chi connectivity index (χ0) is 32.0. The minimum absolute atomic E-state index is 0.0538. The van der Waals surface area contributed by atoms with E-state index in [2.05, 4.69) is 77.9 Å². The van der Waals surface area contributed by atoms with Crippen molar-refractivity contribution in [3.63, 3.8) is 0 Å². The SMILES string of the molecule is CC[C@@H](Nc1nc2c(c(N[C@@H](CN3CCCC[C@H]3C)c3cnn(CC)c3)n1)C[C@H](c1ccccc1)CC2)C1CCC(C(=O)O)CC1. The molecule has 3 aromatic rings. The second-order valence-electron chi connectivity index (χ2n) is 13.9. The van der Waals surface area contributed by atoms with E-state index < -0.39 is 5.97 Å². The van der Waals surface area contributed by atoms with Gasteiger partial charge < -0.3 is 15.7 Å². The van der Waals surface area contributed by atoms with Crippen LogP contribution in [0.3, 0.4) is 0 Å². The molecule has 46 heavy (non-hydrogen) atoms. The molecule has 6 rings (SSSR count). The fourth-order valence-electron chi connectivity index (χ4n) is 8.09.